The Balaban J connectivity index is 2.05. The zero-order valence-corrected chi connectivity index (χ0v) is 18.1. The third-order valence-corrected chi connectivity index (χ3v) is 5.68. The van der Waals surface area contributed by atoms with Crippen molar-refractivity contribution in [2.45, 2.75) is 38.3 Å². The maximum Gasteiger partial charge on any atom is 0.148 e. The standard InChI is InChI=1S/C27H32N2O2/c1-4-7-20-9-10-26(31-15-6-3)24(17-20)25-18-21(8-5-2)16-22(27(25)30)19-29-13-11-23(28)12-14-29/h3-5,9-10,16-18,23,30H,1-2,7-8,11-15,19,28H2. The SMILES string of the molecule is C#CCOc1ccc(CC=C)cc1-c1cc(CC=C)cc(CN2CCC(N)CC2)c1O. The van der Waals surface area contributed by atoms with E-state index in [0.717, 1.165) is 66.6 Å². The second-order valence-corrected chi connectivity index (χ2v) is 8.07. The number of ether oxygens (including phenoxy) is 1. The first kappa shape index (κ1) is 22.7. The van der Waals surface area contributed by atoms with Crippen molar-refractivity contribution < 1.29 is 9.84 Å². The largest absolute Gasteiger partial charge is 0.507 e. The molecule has 1 heterocycles. The van der Waals surface area contributed by atoms with E-state index in [4.69, 9.17) is 16.9 Å². The minimum absolute atomic E-state index is 0.168. The lowest BCUT2D eigenvalue weighted by Crippen LogP contribution is -2.39. The van der Waals surface area contributed by atoms with Crippen molar-refractivity contribution in [2.75, 3.05) is 19.7 Å². The van der Waals surface area contributed by atoms with E-state index < -0.39 is 0 Å². The van der Waals surface area contributed by atoms with Crippen LogP contribution in [0.3, 0.4) is 0 Å². The minimum Gasteiger partial charge on any atom is -0.507 e. The highest BCUT2D eigenvalue weighted by atomic mass is 16.5. The van der Waals surface area contributed by atoms with Crippen LogP contribution in [0.4, 0.5) is 0 Å². The predicted molar refractivity (Wildman–Crippen MR) is 128 cm³/mol. The lowest BCUT2D eigenvalue weighted by molar-refractivity contribution is 0.203. The molecule has 1 aliphatic rings. The highest BCUT2D eigenvalue weighted by Gasteiger charge is 2.20. The van der Waals surface area contributed by atoms with Gasteiger partial charge in [-0.2, -0.15) is 0 Å². The van der Waals surface area contributed by atoms with E-state index in [1.54, 1.807) is 0 Å². The fourth-order valence-electron chi connectivity index (χ4n) is 4.05. The monoisotopic (exact) mass is 416 g/mol. The van der Waals surface area contributed by atoms with Crippen molar-refractivity contribution in [2.24, 2.45) is 5.73 Å². The summed E-state index contributed by atoms with van der Waals surface area (Å²) in [5.74, 6) is 3.46. The smallest absolute Gasteiger partial charge is 0.148 e. The van der Waals surface area contributed by atoms with Crippen LogP contribution in [0, 0.1) is 12.3 Å². The molecule has 162 valence electrons. The first-order valence-electron chi connectivity index (χ1n) is 10.8. The number of piperidine rings is 1. The number of rotatable bonds is 9. The molecule has 0 bridgehead atoms. The number of nitrogens with two attached hydrogens (primary N) is 1. The molecular weight excluding hydrogens is 384 g/mol. The number of aromatic hydroxyl groups is 1. The molecule has 1 fully saturated rings. The van der Waals surface area contributed by atoms with Gasteiger partial charge in [0.1, 0.15) is 18.1 Å². The quantitative estimate of drug-likeness (QED) is 0.468. The molecule has 1 aliphatic heterocycles. The molecule has 0 aliphatic carbocycles. The van der Waals surface area contributed by atoms with E-state index in [0.29, 0.717) is 12.3 Å². The highest BCUT2D eigenvalue weighted by molar-refractivity contribution is 5.78. The Morgan fingerprint density at radius 1 is 1.10 bits per heavy atom. The summed E-state index contributed by atoms with van der Waals surface area (Å²) in [4.78, 5) is 2.35. The van der Waals surface area contributed by atoms with Crippen molar-refractivity contribution in [1.82, 2.24) is 4.90 Å². The molecule has 0 aromatic heterocycles. The summed E-state index contributed by atoms with van der Waals surface area (Å²) in [6.45, 7) is 10.5. The van der Waals surface area contributed by atoms with Gasteiger partial charge in [-0.05, 0) is 68.1 Å². The molecule has 0 amide bonds. The molecule has 2 aromatic carbocycles. The van der Waals surface area contributed by atoms with Gasteiger partial charge < -0.3 is 15.6 Å². The summed E-state index contributed by atoms with van der Waals surface area (Å²) in [7, 11) is 0. The van der Waals surface area contributed by atoms with Crippen LogP contribution in [0.1, 0.15) is 29.5 Å². The molecule has 2 aromatic rings. The molecule has 0 saturated carbocycles. The zero-order valence-electron chi connectivity index (χ0n) is 18.1. The average molecular weight is 417 g/mol. The average Bonchev–Trinajstić information content (AvgIpc) is 2.77. The Labute approximate surface area is 186 Å². The maximum absolute atomic E-state index is 11.3. The van der Waals surface area contributed by atoms with Crippen LogP contribution in [-0.4, -0.2) is 35.7 Å². The van der Waals surface area contributed by atoms with Crippen LogP contribution in [0.15, 0.2) is 55.6 Å². The van der Waals surface area contributed by atoms with Gasteiger partial charge in [0, 0.05) is 29.3 Å². The van der Waals surface area contributed by atoms with E-state index in [1.807, 2.05) is 36.4 Å². The van der Waals surface area contributed by atoms with Crippen molar-refractivity contribution >= 4 is 0 Å². The number of benzene rings is 2. The highest BCUT2D eigenvalue weighted by Crippen LogP contribution is 2.40. The Morgan fingerprint density at radius 2 is 1.77 bits per heavy atom. The Hall–Kier alpha value is -3.00. The fraction of sp³-hybridized carbons (Fsp3) is 0.333. The van der Waals surface area contributed by atoms with Crippen LogP contribution in [-0.2, 0) is 19.4 Å². The van der Waals surface area contributed by atoms with E-state index >= 15 is 0 Å². The molecular formula is C27H32N2O2. The predicted octanol–water partition coefficient (Wildman–Crippen LogP) is 4.45. The second-order valence-electron chi connectivity index (χ2n) is 8.07. The summed E-state index contributed by atoms with van der Waals surface area (Å²) < 4.78 is 5.81. The number of nitrogens with zero attached hydrogens (tertiary/aromatic N) is 1. The molecule has 0 spiro atoms. The van der Waals surface area contributed by atoms with E-state index in [1.165, 1.54) is 0 Å². The fourth-order valence-corrected chi connectivity index (χ4v) is 4.05. The van der Waals surface area contributed by atoms with Gasteiger partial charge in [-0.15, -0.1) is 19.6 Å². The number of likely N-dealkylation sites (tertiary alicyclic amines) is 1. The van der Waals surface area contributed by atoms with E-state index in [-0.39, 0.29) is 18.4 Å². The molecule has 31 heavy (non-hydrogen) atoms. The van der Waals surface area contributed by atoms with Gasteiger partial charge in [0.2, 0.25) is 0 Å². The van der Waals surface area contributed by atoms with Gasteiger partial charge >= 0.3 is 0 Å². The van der Waals surface area contributed by atoms with Gasteiger partial charge in [0.25, 0.3) is 0 Å². The first-order valence-corrected chi connectivity index (χ1v) is 10.8. The zero-order chi connectivity index (χ0) is 22.2. The number of hydrogen-bond donors (Lipinski definition) is 2. The van der Waals surface area contributed by atoms with Crippen LogP contribution in [0.25, 0.3) is 11.1 Å². The van der Waals surface area contributed by atoms with Crippen LogP contribution in [0.2, 0.25) is 0 Å². The first-order chi connectivity index (χ1) is 15.0. The summed E-state index contributed by atoms with van der Waals surface area (Å²) in [5, 5.41) is 11.3. The van der Waals surface area contributed by atoms with Crippen molar-refractivity contribution in [3.05, 3.63) is 72.3 Å². The Bertz CT molecular complexity index is 966. The van der Waals surface area contributed by atoms with Crippen LogP contribution >= 0.6 is 0 Å². The molecule has 3 N–H and O–H groups in total. The minimum atomic E-state index is 0.168. The maximum atomic E-state index is 11.3. The summed E-state index contributed by atoms with van der Waals surface area (Å²) in [6.07, 6.45) is 12.6. The molecule has 1 saturated heterocycles. The van der Waals surface area contributed by atoms with E-state index in [9.17, 15) is 5.11 Å². The molecule has 0 radical (unpaired) electrons. The topological polar surface area (TPSA) is 58.7 Å². The second kappa shape index (κ2) is 10.9. The summed E-state index contributed by atoms with van der Waals surface area (Å²) in [6, 6.07) is 10.3. The number of phenolic OH excluding ortho intramolecular Hbond substituents is 1. The lowest BCUT2D eigenvalue weighted by atomic mass is 9.94. The summed E-state index contributed by atoms with van der Waals surface area (Å²) in [5.41, 5.74) is 10.7. The van der Waals surface area contributed by atoms with E-state index in [2.05, 4.69) is 30.0 Å². The normalized spacial score (nSPS) is 14.7. The molecule has 4 nitrogen and oxygen atoms in total. The number of hydrogen-bond acceptors (Lipinski definition) is 4. The third kappa shape index (κ3) is 5.79. The van der Waals surface area contributed by atoms with Crippen molar-refractivity contribution in [1.29, 1.82) is 0 Å². The van der Waals surface area contributed by atoms with Crippen LogP contribution < -0.4 is 10.5 Å². The number of allylic oxidation sites excluding steroid dienone is 2. The summed E-state index contributed by atoms with van der Waals surface area (Å²) >= 11 is 0. The number of phenols is 1. The molecule has 4 heteroatoms. The van der Waals surface area contributed by atoms with Gasteiger partial charge in [0.15, 0.2) is 0 Å². The van der Waals surface area contributed by atoms with Crippen molar-refractivity contribution in [3.8, 4) is 35.0 Å². The Kier molecular flexibility index (Phi) is 7.94. The molecule has 0 unspecified atom stereocenters. The third-order valence-electron chi connectivity index (χ3n) is 5.68. The number of terminal acetylenes is 1. The van der Waals surface area contributed by atoms with Gasteiger partial charge in [0.05, 0.1) is 0 Å². The molecule has 0 atom stereocenters. The Morgan fingerprint density at radius 3 is 2.45 bits per heavy atom. The van der Waals surface area contributed by atoms with Gasteiger partial charge in [-0.1, -0.05) is 30.2 Å². The van der Waals surface area contributed by atoms with Crippen molar-refractivity contribution in [3.63, 3.8) is 0 Å². The lowest BCUT2D eigenvalue weighted by Gasteiger charge is -2.30. The van der Waals surface area contributed by atoms with Crippen LogP contribution in [0.5, 0.6) is 11.5 Å². The molecule has 3 rings (SSSR count). The van der Waals surface area contributed by atoms with Gasteiger partial charge in [-0.25, -0.2) is 0 Å². The van der Waals surface area contributed by atoms with Gasteiger partial charge in [-0.3, -0.25) is 4.90 Å².